The zero-order valence-electron chi connectivity index (χ0n) is 12.1. The molecule has 0 fully saturated rings. The van der Waals surface area contributed by atoms with Gasteiger partial charge in [0.2, 0.25) is 5.92 Å². The van der Waals surface area contributed by atoms with Crippen molar-refractivity contribution in [2.45, 2.75) is 20.8 Å². The molecule has 0 amide bonds. The lowest BCUT2D eigenvalue weighted by Gasteiger charge is -2.14. The van der Waals surface area contributed by atoms with Gasteiger partial charge in [0, 0.05) is 5.56 Å². The molecule has 0 aromatic heterocycles. The highest BCUT2D eigenvalue weighted by molar-refractivity contribution is 6.21. The molecule has 1 aromatic rings. The van der Waals surface area contributed by atoms with Crippen molar-refractivity contribution in [2.75, 3.05) is 13.2 Å². The molecule has 0 unspecified atom stereocenters. The van der Waals surface area contributed by atoms with E-state index in [-0.39, 0.29) is 18.8 Å². The van der Waals surface area contributed by atoms with Crippen molar-refractivity contribution in [3.8, 4) is 0 Å². The van der Waals surface area contributed by atoms with Crippen molar-refractivity contribution in [2.24, 2.45) is 5.92 Å². The highest BCUT2D eigenvalue weighted by Crippen LogP contribution is 2.18. The van der Waals surface area contributed by atoms with Gasteiger partial charge in [0.1, 0.15) is 5.82 Å². The lowest BCUT2D eigenvalue weighted by atomic mass is 9.94. The summed E-state index contributed by atoms with van der Waals surface area (Å²) in [6, 6.07) is 3.58. The molecule has 0 aliphatic carbocycles. The summed E-state index contributed by atoms with van der Waals surface area (Å²) in [5, 5.41) is 0. The molecule has 0 atom stereocenters. The maximum Gasteiger partial charge on any atom is 0.328 e. The fourth-order valence-corrected chi connectivity index (χ4v) is 1.78. The van der Waals surface area contributed by atoms with E-state index in [1.165, 1.54) is 12.1 Å². The van der Waals surface area contributed by atoms with Crippen LogP contribution in [-0.2, 0) is 19.1 Å². The molecule has 21 heavy (non-hydrogen) atoms. The van der Waals surface area contributed by atoms with Crippen LogP contribution < -0.4 is 0 Å². The molecule has 5 nitrogen and oxygen atoms in total. The van der Waals surface area contributed by atoms with Crippen LogP contribution in [0.2, 0.25) is 0 Å². The van der Waals surface area contributed by atoms with Gasteiger partial charge in [0.25, 0.3) is 0 Å². The summed E-state index contributed by atoms with van der Waals surface area (Å²) in [5.41, 5.74) is 0.418. The lowest BCUT2D eigenvalue weighted by molar-refractivity contribution is -0.158. The molecule has 1 aromatic carbocycles. The minimum absolute atomic E-state index is 0.0180. The third kappa shape index (κ3) is 4.11. The Morgan fingerprint density at radius 1 is 1.10 bits per heavy atom. The second-order valence-corrected chi connectivity index (χ2v) is 4.26. The van der Waals surface area contributed by atoms with Crippen molar-refractivity contribution in [3.05, 3.63) is 35.1 Å². The molecule has 0 bridgehead atoms. The molecule has 0 spiro atoms. The molecule has 114 valence electrons. The van der Waals surface area contributed by atoms with Crippen LogP contribution in [0.4, 0.5) is 4.39 Å². The van der Waals surface area contributed by atoms with E-state index in [2.05, 4.69) is 0 Å². The Bertz CT molecular complexity index is 535. The molecule has 0 saturated heterocycles. The molecule has 1 rings (SSSR count). The number of ether oxygens (including phenoxy) is 2. The number of aryl methyl sites for hydroxylation is 1. The second-order valence-electron chi connectivity index (χ2n) is 4.26. The summed E-state index contributed by atoms with van der Waals surface area (Å²) >= 11 is 0. The van der Waals surface area contributed by atoms with Gasteiger partial charge in [0.05, 0.1) is 13.2 Å². The van der Waals surface area contributed by atoms with Crippen LogP contribution in [0, 0.1) is 18.7 Å². The van der Waals surface area contributed by atoms with Gasteiger partial charge in [-0.05, 0) is 38.5 Å². The lowest BCUT2D eigenvalue weighted by Crippen LogP contribution is -2.35. The number of carbonyl (C=O) groups excluding carboxylic acids is 3. The smallest absolute Gasteiger partial charge is 0.328 e. The van der Waals surface area contributed by atoms with E-state index in [0.717, 1.165) is 6.07 Å². The van der Waals surface area contributed by atoms with E-state index in [1.54, 1.807) is 20.8 Å². The van der Waals surface area contributed by atoms with Gasteiger partial charge in [0.15, 0.2) is 5.78 Å². The summed E-state index contributed by atoms with van der Waals surface area (Å²) in [7, 11) is 0. The molecule has 0 saturated carbocycles. The highest BCUT2D eigenvalue weighted by Gasteiger charge is 2.38. The van der Waals surface area contributed by atoms with Crippen LogP contribution in [0.5, 0.6) is 0 Å². The number of hydrogen-bond donors (Lipinski definition) is 0. The predicted molar refractivity (Wildman–Crippen MR) is 72.2 cm³/mol. The maximum atomic E-state index is 13.3. The van der Waals surface area contributed by atoms with Crippen molar-refractivity contribution in [1.82, 2.24) is 0 Å². The molecule has 0 N–H and O–H groups in total. The van der Waals surface area contributed by atoms with Crippen LogP contribution in [0.1, 0.15) is 29.8 Å². The molecule has 6 heteroatoms. The third-order valence-electron chi connectivity index (χ3n) is 2.77. The number of carbonyl (C=O) groups is 3. The average Bonchev–Trinajstić information content (AvgIpc) is 2.42. The van der Waals surface area contributed by atoms with Gasteiger partial charge in [-0.15, -0.1) is 0 Å². The van der Waals surface area contributed by atoms with Gasteiger partial charge in [-0.1, -0.05) is 6.07 Å². The number of halogens is 1. The summed E-state index contributed by atoms with van der Waals surface area (Å²) in [6.07, 6.45) is 0. The fraction of sp³-hybridized carbons (Fsp3) is 0.400. The Morgan fingerprint density at radius 2 is 1.62 bits per heavy atom. The van der Waals surface area contributed by atoms with E-state index in [4.69, 9.17) is 9.47 Å². The Hall–Kier alpha value is -2.24. The van der Waals surface area contributed by atoms with Gasteiger partial charge in [-0.2, -0.15) is 0 Å². The standard InChI is InChI=1S/C15H17FO5/c1-4-20-14(18)12(15(19)21-5-2)13(17)11-8-10(16)7-6-9(11)3/h6-8,12H,4-5H2,1-3H3. The van der Waals surface area contributed by atoms with Gasteiger partial charge >= 0.3 is 11.9 Å². The number of benzene rings is 1. The summed E-state index contributed by atoms with van der Waals surface area (Å²) in [6.45, 7) is 4.73. The van der Waals surface area contributed by atoms with Crippen LogP contribution in [0.3, 0.4) is 0 Å². The van der Waals surface area contributed by atoms with E-state index in [1.807, 2.05) is 0 Å². The molecule has 0 heterocycles. The number of Topliss-reactive ketones (excluding diaryl/α,β-unsaturated/α-hetero) is 1. The van der Waals surface area contributed by atoms with Crippen LogP contribution in [0.25, 0.3) is 0 Å². The Kier molecular flexibility index (Phi) is 6.02. The monoisotopic (exact) mass is 296 g/mol. The fourth-order valence-electron chi connectivity index (χ4n) is 1.78. The normalized spacial score (nSPS) is 10.3. The quantitative estimate of drug-likeness (QED) is 0.456. The number of rotatable bonds is 6. The van der Waals surface area contributed by atoms with Gasteiger partial charge < -0.3 is 9.47 Å². The van der Waals surface area contributed by atoms with E-state index < -0.39 is 29.5 Å². The van der Waals surface area contributed by atoms with Crippen molar-refractivity contribution in [3.63, 3.8) is 0 Å². The third-order valence-corrected chi connectivity index (χ3v) is 2.77. The largest absolute Gasteiger partial charge is 0.465 e. The molecule has 0 aliphatic rings. The zero-order chi connectivity index (χ0) is 16.0. The van der Waals surface area contributed by atoms with Crippen LogP contribution >= 0.6 is 0 Å². The topological polar surface area (TPSA) is 69.7 Å². The predicted octanol–water partition coefficient (Wildman–Crippen LogP) is 2.06. The first-order chi connectivity index (χ1) is 9.92. The summed E-state index contributed by atoms with van der Waals surface area (Å²) in [5.74, 6) is -5.18. The van der Waals surface area contributed by atoms with Crippen molar-refractivity contribution >= 4 is 17.7 Å². The number of hydrogen-bond acceptors (Lipinski definition) is 5. The van der Waals surface area contributed by atoms with Crippen LogP contribution in [-0.4, -0.2) is 30.9 Å². The van der Waals surface area contributed by atoms with Gasteiger partial charge in [-0.25, -0.2) is 4.39 Å². The summed E-state index contributed by atoms with van der Waals surface area (Å²) in [4.78, 5) is 36.0. The van der Waals surface area contributed by atoms with E-state index >= 15 is 0 Å². The minimum Gasteiger partial charge on any atom is -0.465 e. The van der Waals surface area contributed by atoms with E-state index in [0.29, 0.717) is 5.56 Å². The molecule has 0 aliphatic heterocycles. The molecular formula is C15H17FO5. The number of ketones is 1. The number of esters is 2. The minimum atomic E-state index is -1.73. The molecule has 0 radical (unpaired) electrons. The van der Waals surface area contributed by atoms with Crippen LogP contribution in [0.15, 0.2) is 18.2 Å². The van der Waals surface area contributed by atoms with Crippen molar-refractivity contribution in [1.29, 1.82) is 0 Å². The first kappa shape index (κ1) is 16.8. The Balaban J connectivity index is 3.18. The van der Waals surface area contributed by atoms with Crippen molar-refractivity contribution < 1.29 is 28.2 Å². The van der Waals surface area contributed by atoms with E-state index in [9.17, 15) is 18.8 Å². The first-order valence-corrected chi connectivity index (χ1v) is 6.56. The second kappa shape index (κ2) is 7.52. The SMILES string of the molecule is CCOC(=O)C(C(=O)OCC)C(=O)c1cc(F)ccc1C. The Labute approximate surface area is 122 Å². The average molecular weight is 296 g/mol. The first-order valence-electron chi connectivity index (χ1n) is 6.56. The zero-order valence-corrected chi connectivity index (χ0v) is 12.1. The summed E-state index contributed by atoms with van der Waals surface area (Å²) < 4.78 is 22.7. The Morgan fingerprint density at radius 3 is 2.10 bits per heavy atom. The molecular weight excluding hydrogens is 279 g/mol. The van der Waals surface area contributed by atoms with Gasteiger partial charge in [-0.3, -0.25) is 14.4 Å². The maximum absolute atomic E-state index is 13.3. The highest BCUT2D eigenvalue weighted by atomic mass is 19.1.